The van der Waals surface area contributed by atoms with Gasteiger partial charge < -0.3 is 14.2 Å². The Balaban J connectivity index is 1.62. The summed E-state index contributed by atoms with van der Waals surface area (Å²) in [6.07, 6.45) is 7.39. The molecule has 0 saturated carbocycles. The topological polar surface area (TPSA) is 57.7 Å². The van der Waals surface area contributed by atoms with Gasteiger partial charge in [-0.2, -0.15) is 0 Å². The van der Waals surface area contributed by atoms with E-state index in [9.17, 15) is 4.79 Å². The first-order chi connectivity index (χ1) is 13.6. The first-order valence-corrected chi connectivity index (χ1v) is 8.80. The second kappa shape index (κ2) is 9.37. The Labute approximate surface area is 164 Å². The molecule has 0 fully saturated rings. The lowest BCUT2D eigenvalue weighted by Crippen LogP contribution is -2.18. The molecule has 5 nitrogen and oxygen atoms in total. The summed E-state index contributed by atoms with van der Waals surface area (Å²) >= 11 is 0. The molecule has 0 amide bonds. The Morgan fingerprint density at radius 3 is 2.36 bits per heavy atom. The van der Waals surface area contributed by atoms with Crippen molar-refractivity contribution in [3.8, 4) is 17.2 Å². The number of hydrogen-bond acceptors (Lipinski definition) is 5. The zero-order valence-corrected chi connectivity index (χ0v) is 15.8. The summed E-state index contributed by atoms with van der Waals surface area (Å²) in [7, 11) is 1.53. The third kappa shape index (κ3) is 5.45. The summed E-state index contributed by atoms with van der Waals surface area (Å²) in [5.41, 5.74) is 3.08. The molecule has 0 saturated heterocycles. The third-order valence-corrected chi connectivity index (χ3v) is 3.96. The summed E-state index contributed by atoms with van der Waals surface area (Å²) in [6.45, 7) is 1.80. The fraction of sp³-hybridized carbons (Fsp3) is 0.130. The molecule has 0 unspecified atom stereocenters. The van der Waals surface area contributed by atoms with Crippen molar-refractivity contribution >= 4 is 18.1 Å². The molecule has 5 heteroatoms. The molecule has 0 bridgehead atoms. The summed E-state index contributed by atoms with van der Waals surface area (Å²) in [5.74, 6) is 0.937. The molecule has 1 heterocycles. The van der Waals surface area contributed by atoms with Crippen LogP contribution in [0, 0.1) is 6.92 Å². The van der Waals surface area contributed by atoms with Crippen LogP contribution < -0.4 is 14.2 Å². The van der Waals surface area contributed by atoms with E-state index in [4.69, 9.17) is 14.2 Å². The first kappa shape index (κ1) is 19.2. The zero-order valence-electron chi connectivity index (χ0n) is 15.8. The van der Waals surface area contributed by atoms with E-state index in [0.29, 0.717) is 17.2 Å². The van der Waals surface area contributed by atoms with Gasteiger partial charge >= 0.3 is 5.97 Å². The number of aryl methyl sites for hydroxylation is 1. The average Bonchev–Trinajstić information content (AvgIpc) is 2.73. The quantitative estimate of drug-likeness (QED) is 0.448. The summed E-state index contributed by atoms with van der Waals surface area (Å²) in [5, 5.41) is 0. The summed E-state index contributed by atoms with van der Waals surface area (Å²) in [4.78, 5) is 16.1. The van der Waals surface area contributed by atoms with Crippen LogP contribution in [0.3, 0.4) is 0 Å². The molecule has 3 rings (SSSR count). The lowest BCUT2D eigenvalue weighted by atomic mass is 10.1. The summed E-state index contributed by atoms with van der Waals surface area (Å²) < 4.78 is 16.2. The van der Waals surface area contributed by atoms with E-state index in [1.54, 1.807) is 24.5 Å². The van der Waals surface area contributed by atoms with Gasteiger partial charge in [-0.3, -0.25) is 4.98 Å². The van der Waals surface area contributed by atoms with Gasteiger partial charge in [0, 0.05) is 12.4 Å². The molecule has 142 valence electrons. The second-order valence-corrected chi connectivity index (χ2v) is 6.10. The monoisotopic (exact) mass is 375 g/mol. The number of rotatable bonds is 7. The lowest BCUT2D eigenvalue weighted by Gasteiger charge is -2.11. The highest BCUT2D eigenvalue weighted by Gasteiger charge is 2.11. The van der Waals surface area contributed by atoms with Crippen LogP contribution >= 0.6 is 0 Å². The van der Waals surface area contributed by atoms with E-state index in [1.165, 1.54) is 7.11 Å². The number of ether oxygens (including phenoxy) is 3. The number of carbonyl (C=O) groups is 1. The molecular formula is C23H21NO4. The van der Waals surface area contributed by atoms with Crippen molar-refractivity contribution in [1.82, 2.24) is 4.98 Å². The fourth-order valence-electron chi connectivity index (χ4n) is 2.47. The van der Waals surface area contributed by atoms with Crippen LogP contribution in [0.15, 0.2) is 67.0 Å². The van der Waals surface area contributed by atoms with Crippen LogP contribution in [0.4, 0.5) is 0 Å². The first-order valence-electron chi connectivity index (χ1n) is 8.80. The van der Waals surface area contributed by atoms with E-state index in [2.05, 4.69) is 4.98 Å². The van der Waals surface area contributed by atoms with Crippen LogP contribution in [0.2, 0.25) is 0 Å². The van der Waals surface area contributed by atoms with E-state index >= 15 is 0 Å². The van der Waals surface area contributed by atoms with Crippen LogP contribution in [0.5, 0.6) is 17.2 Å². The van der Waals surface area contributed by atoms with Gasteiger partial charge in [-0.05, 0) is 54.4 Å². The highest BCUT2D eigenvalue weighted by atomic mass is 16.6. The van der Waals surface area contributed by atoms with Crippen molar-refractivity contribution in [2.75, 3.05) is 13.7 Å². The number of esters is 1. The van der Waals surface area contributed by atoms with Crippen LogP contribution in [0.1, 0.15) is 16.7 Å². The average molecular weight is 375 g/mol. The highest BCUT2D eigenvalue weighted by Crippen LogP contribution is 2.29. The van der Waals surface area contributed by atoms with Crippen molar-refractivity contribution in [2.24, 2.45) is 0 Å². The maximum Gasteiger partial charge on any atom is 0.349 e. The number of carbonyl (C=O) groups excluding carboxylic acids is 1. The third-order valence-electron chi connectivity index (χ3n) is 3.96. The van der Waals surface area contributed by atoms with Gasteiger partial charge in [0.25, 0.3) is 0 Å². The number of benzene rings is 2. The highest BCUT2D eigenvalue weighted by molar-refractivity contribution is 5.76. The minimum atomic E-state index is -0.501. The Hall–Kier alpha value is -3.60. The van der Waals surface area contributed by atoms with E-state index in [1.807, 2.05) is 61.5 Å². The van der Waals surface area contributed by atoms with Gasteiger partial charge in [-0.25, -0.2) is 4.79 Å². The number of methoxy groups -OCH3 is 1. The number of hydrogen-bond donors (Lipinski definition) is 0. The van der Waals surface area contributed by atoms with Crippen molar-refractivity contribution in [3.63, 3.8) is 0 Å². The predicted octanol–water partition coefficient (Wildman–Crippen LogP) is 4.55. The van der Waals surface area contributed by atoms with Gasteiger partial charge in [0.15, 0.2) is 18.1 Å². The van der Waals surface area contributed by atoms with Gasteiger partial charge in [0.2, 0.25) is 0 Å². The minimum absolute atomic E-state index is 0.185. The molecule has 28 heavy (non-hydrogen) atoms. The number of nitrogens with zero attached hydrogens (tertiary/aromatic N) is 1. The van der Waals surface area contributed by atoms with E-state index in [0.717, 1.165) is 16.7 Å². The SMILES string of the molecule is COc1cc(/C=C/c2ccncc2)ccc1OC(=O)COc1ccc(C)cc1. The normalized spacial score (nSPS) is 10.6. The fourth-order valence-corrected chi connectivity index (χ4v) is 2.47. The summed E-state index contributed by atoms with van der Waals surface area (Å²) in [6, 6.07) is 16.7. The number of aromatic nitrogens is 1. The smallest absolute Gasteiger partial charge is 0.349 e. The van der Waals surface area contributed by atoms with Gasteiger partial charge in [-0.15, -0.1) is 0 Å². The van der Waals surface area contributed by atoms with Gasteiger partial charge in [0.05, 0.1) is 7.11 Å². The standard InChI is InChI=1S/C23H21NO4/c1-17-3-8-20(9-4-17)27-16-23(25)28-21-10-7-19(15-22(21)26-2)6-5-18-11-13-24-14-12-18/h3-15H,16H2,1-2H3/b6-5+. The van der Waals surface area contributed by atoms with Crippen LogP contribution in [-0.4, -0.2) is 24.7 Å². The van der Waals surface area contributed by atoms with Crippen molar-refractivity contribution in [2.45, 2.75) is 6.92 Å². The molecule has 0 aliphatic carbocycles. The molecule has 0 atom stereocenters. The van der Waals surface area contributed by atoms with Crippen molar-refractivity contribution in [1.29, 1.82) is 0 Å². The van der Waals surface area contributed by atoms with Crippen LogP contribution in [0.25, 0.3) is 12.2 Å². The predicted molar refractivity (Wildman–Crippen MR) is 108 cm³/mol. The molecule has 3 aromatic rings. The van der Waals surface area contributed by atoms with Gasteiger partial charge in [-0.1, -0.05) is 35.9 Å². The Kier molecular flexibility index (Phi) is 6.41. The Morgan fingerprint density at radius 1 is 0.929 bits per heavy atom. The van der Waals surface area contributed by atoms with Crippen molar-refractivity contribution < 1.29 is 19.0 Å². The van der Waals surface area contributed by atoms with E-state index in [-0.39, 0.29) is 6.61 Å². The maximum absolute atomic E-state index is 12.1. The molecular weight excluding hydrogens is 354 g/mol. The molecule has 1 aromatic heterocycles. The van der Waals surface area contributed by atoms with Crippen molar-refractivity contribution in [3.05, 3.63) is 83.7 Å². The molecule has 0 N–H and O–H groups in total. The van der Waals surface area contributed by atoms with Gasteiger partial charge in [0.1, 0.15) is 5.75 Å². The molecule has 0 aliphatic rings. The zero-order chi connectivity index (χ0) is 19.8. The largest absolute Gasteiger partial charge is 0.493 e. The minimum Gasteiger partial charge on any atom is -0.493 e. The molecule has 2 aromatic carbocycles. The second-order valence-electron chi connectivity index (χ2n) is 6.10. The molecule has 0 radical (unpaired) electrons. The molecule has 0 spiro atoms. The molecule has 0 aliphatic heterocycles. The van der Waals surface area contributed by atoms with E-state index < -0.39 is 5.97 Å². The van der Waals surface area contributed by atoms with Crippen LogP contribution in [-0.2, 0) is 4.79 Å². The number of pyridine rings is 1. The Bertz CT molecular complexity index is 950. The lowest BCUT2D eigenvalue weighted by molar-refractivity contribution is -0.136. The Morgan fingerprint density at radius 2 is 1.64 bits per heavy atom. The maximum atomic E-state index is 12.1.